The highest BCUT2D eigenvalue weighted by molar-refractivity contribution is 5.84. The monoisotopic (exact) mass is 214 g/mol. The smallest absolute Gasteiger partial charge is 0.335 e. The minimum Gasteiger partial charge on any atom is -0.479 e. The number of hydrogen-bond acceptors (Lipinski definition) is 2. The predicted octanol–water partition coefficient (Wildman–Crippen LogP) is 2.36. The van der Waals surface area contributed by atoms with Gasteiger partial charge in [-0.15, -0.1) is 0 Å². The lowest BCUT2D eigenvalue weighted by Crippen LogP contribution is -2.04. The van der Waals surface area contributed by atoms with Crippen LogP contribution < -0.4 is 0 Å². The number of carboxylic acid groups (broad SMARTS) is 1. The lowest BCUT2D eigenvalue weighted by Gasteiger charge is -2.00. The average molecular weight is 214 g/mol. The van der Waals surface area contributed by atoms with Crippen molar-refractivity contribution in [1.82, 2.24) is 0 Å². The van der Waals surface area contributed by atoms with E-state index < -0.39 is 12.1 Å². The molecule has 0 saturated carbocycles. The Morgan fingerprint density at radius 2 is 1.88 bits per heavy atom. The number of fused-ring (bicyclic) bond motifs is 1. The standard InChI is InChI=1S/C13H10O3/c14-13(15)12-11(16-12)10-6-5-8-3-1-2-4-9(8)7-10/h1-7,11-12H,(H,14,15)/t11-,12+/m0/s1. The Morgan fingerprint density at radius 3 is 2.56 bits per heavy atom. The van der Waals surface area contributed by atoms with Gasteiger partial charge in [0.1, 0.15) is 6.10 Å². The van der Waals surface area contributed by atoms with E-state index >= 15 is 0 Å². The van der Waals surface area contributed by atoms with E-state index in [2.05, 4.69) is 0 Å². The van der Waals surface area contributed by atoms with Crippen molar-refractivity contribution in [2.75, 3.05) is 0 Å². The zero-order valence-electron chi connectivity index (χ0n) is 8.46. The SMILES string of the molecule is O=C(O)[C@@H]1O[C@H]1c1ccc2ccccc2c1. The normalized spacial score (nSPS) is 23.2. The fourth-order valence-electron chi connectivity index (χ4n) is 1.94. The van der Waals surface area contributed by atoms with Crippen LogP contribution >= 0.6 is 0 Å². The van der Waals surface area contributed by atoms with Crippen LogP contribution in [0.1, 0.15) is 11.7 Å². The summed E-state index contributed by atoms with van der Waals surface area (Å²) in [4.78, 5) is 10.7. The van der Waals surface area contributed by atoms with Crippen LogP contribution in [0.5, 0.6) is 0 Å². The first-order valence-electron chi connectivity index (χ1n) is 5.13. The topological polar surface area (TPSA) is 49.8 Å². The molecule has 1 aliphatic rings. The summed E-state index contributed by atoms with van der Waals surface area (Å²) in [6.07, 6.45) is -0.941. The van der Waals surface area contributed by atoms with E-state index in [1.807, 2.05) is 42.5 Å². The van der Waals surface area contributed by atoms with Crippen LogP contribution in [0.2, 0.25) is 0 Å². The zero-order valence-corrected chi connectivity index (χ0v) is 8.46. The number of benzene rings is 2. The molecular formula is C13H10O3. The Kier molecular flexibility index (Phi) is 1.94. The van der Waals surface area contributed by atoms with Crippen molar-refractivity contribution >= 4 is 16.7 Å². The molecule has 3 rings (SSSR count). The van der Waals surface area contributed by atoms with Crippen molar-refractivity contribution in [3.63, 3.8) is 0 Å². The van der Waals surface area contributed by atoms with Gasteiger partial charge in [0.2, 0.25) is 0 Å². The van der Waals surface area contributed by atoms with Gasteiger partial charge in [-0.3, -0.25) is 0 Å². The highest BCUT2D eigenvalue weighted by Crippen LogP contribution is 2.39. The molecule has 2 aromatic rings. The Balaban J connectivity index is 1.98. The molecule has 0 aromatic heterocycles. The molecule has 1 aliphatic heterocycles. The van der Waals surface area contributed by atoms with E-state index in [4.69, 9.17) is 9.84 Å². The summed E-state index contributed by atoms with van der Waals surface area (Å²) in [6, 6.07) is 13.9. The molecule has 1 saturated heterocycles. The van der Waals surface area contributed by atoms with Gasteiger partial charge in [-0.05, 0) is 22.4 Å². The second-order valence-electron chi connectivity index (χ2n) is 3.92. The minimum absolute atomic E-state index is 0.276. The molecule has 3 nitrogen and oxygen atoms in total. The predicted molar refractivity (Wildman–Crippen MR) is 59.2 cm³/mol. The summed E-state index contributed by atoms with van der Waals surface area (Å²) in [5, 5.41) is 11.0. The molecule has 0 bridgehead atoms. The van der Waals surface area contributed by atoms with Crippen LogP contribution in [0.15, 0.2) is 42.5 Å². The quantitative estimate of drug-likeness (QED) is 0.781. The molecule has 2 atom stereocenters. The maximum Gasteiger partial charge on any atom is 0.335 e. The average Bonchev–Trinajstić information content (AvgIpc) is 3.08. The van der Waals surface area contributed by atoms with Crippen LogP contribution in [0, 0.1) is 0 Å². The van der Waals surface area contributed by atoms with E-state index in [0.717, 1.165) is 16.3 Å². The van der Waals surface area contributed by atoms with Crippen LogP contribution in [0.3, 0.4) is 0 Å². The van der Waals surface area contributed by atoms with E-state index in [0.29, 0.717) is 0 Å². The Morgan fingerprint density at radius 1 is 1.12 bits per heavy atom. The molecule has 0 radical (unpaired) electrons. The molecule has 0 spiro atoms. The van der Waals surface area contributed by atoms with Crippen molar-refractivity contribution in [3.05, 3.63) is 48.0 Å². The number of carbonyl (C=O) groups is 1. The molecule has 1 heterocycles. The molecule has 2 aromatic carbocycles. The van der Waals surface area contributed by atoms with E-state index in [1.54, 1.807) is 0 Å². The third-order valence-corrected chi connectivity index (χ3v) is 2.84. The number of carboxylic acids is 1. The highest BCUT2D eigenvalue weighted by Gasteiger charge is 2.46. The van der Waals surface area contributed by atoms with Gasteiger partial charge in [0.05, 0.1) is 0 Å². The fourth-order valence-corrected chi connectivity index (χ4v) is 1.94. The van der Waals surface area contributed by atoms with E-state index in [9.17, 15) is 4.79 Å². The second kappa shape index (κ2) is 3.32. The fraction of sp³-hybridized carbons (Fsp3) is 0.154. The summed E-state index contributed by atoms with van der Waals surface area (Å²) >= 11 is 0. The van der Waals surface area contributed by atoms with Crippen molar-refractivity contribution < 1.29 is 14.6 Å². The number of epoxide rings is 1. The summed E-state index contributed by atoms with van der Waals surface area (Å²) < 4.78 is 5.11. The summed E-state index contributed by atoms with van der Waals surface area (Å²) in [5.74, 6) is -0.891. The molecule has 3 heteroatoms. The van der Waals surface area contributed by atoms with Crippen LogP contribution in [0.4, 0.5) is 0 Å². The maximum absolute atomic E-state index is 10.7. The van der Waals surface area contributed by atoms with Gasteiger partial charge in [0.25, 0.3) is 0 Å². The van der Waals surface area contributed by atoms with Crippen molar-refractivity contribution in [2.45, 2.75) is 12.2 Å². The first-order valence-corrected chi connectivity index (χ1v) is 5.13. The third-order valence-electron chi connectivity index (χ3n) is 2.84. The largest absolute Gasteiger partial charge is 0.479 e. The summed E-state index contributed by atoms with van der Waals surface area (Å²) in [6.45, 7) is 0. The van der Waals surface area contributed by atoms with E-state index in [1.165, 1.54) is 0 Å². The van der Waals surface area contributed by atoms with Crippen LogP contribution in [-0.2, 0) is 9.53 Å². The Bertz CT molecular complexity index is 562. The summed E-state index contributed by atoms with van der Waals surface area (Å²) in [7, 11) is 0. The van der Waals surface area contributed by atoms with Crippen LogP contribution in [-0.4, -0.2) is 17.2 Å². The van der Waals surface area contributed by atoms with Gasteiger partial charge in [-0.2, -0.15) is 0 Å². The molecule has 16 heavy (non-hydrogen) atoms. The number of hydrogen-bond donors (Lipinski definition) is 1. The van der Waals surface area contributed by atoms with Gasteiger partial charge in [0.15, 0.2) is 6.10 Å². The Hall–Kier alpha value is -1.87. The molecule has 1 fully saturated rings. The molecule has 0 amide bonds. The lowest BCUT2D eigenvalue weighted by atomic mass is 10.0. The van der Waals surface area contributed by atoms with Crippen molar-refractivity contribution in [3.8, 4) is 0 Å². The number of aliphatic carboxylic acids is 1. The van der Waals surface area contributed by atoms with Gasteiger partial charge in [-0.1, -0.05) is 36.4 Å². The first-order chi connectivity index (χ1) is 7.75. The molecule has 1 N–H and O–H groups in total. The summed E-state index contributed by atoms with van der Waals surface area (Å²) in [5.41, 5.74) is 0.936. The molecule has 0 aliphatic carbocycles. The Labute approximate surface area is 92.3 Å². The number of ether oxygens (including phenoxy) is 1. The number of rotatable bonds is 2. The van der Waals surface area contributed by atoms with Gasteiger partial charge in [-0.25, -0.2) is 4.79 Å². The van der Waals surface area contributed by atoms with Crippen LogP contribution in [0.25, 0.3) is 10.8 Å². The highest BCUT2D eigenvalue weighted by atomic mass is 16.6. The zero-order chi connectivity index (χ0) is 11.1. The second-order valence-corrected chi connectivity index (χ2v) is 3.92. The third kappa shape index (κ3) is 1.46. The van der Waals surface area contributed by atoms with Crippen molar-refractivity contribution in [1.29, 1.82) is 0 Å². The molecule has 80 valence electrons. The lowest BCUT2D eigenvalue weighted by molar-refractivity contribution is -0.138. The van der Waals surface area contributed by atoms with Gasteiger partial charge >= 0.3 is 5.97 Å². The maximum atomic E-state index is 10.7. The van der Waals surface area contributed by atoms with Gasteiger partial charge in [0, 0.05) is 0 Å². The minimum atomic E-state index is -0.891. The van der Waals surface area contributed by atoms with Crippen molar-refractivity contribution in [2.24, 2.45) is 0 Å². The molecular weight excluding hydrogens is 204 g/mol. The van der Waals surface area contributed by atoms with E-state index in [-0.39, 0.29) is 6.10 Å². The first kappa shape index (κ1) is 9.36. The molecule has 0 unspecified atom stereocenters. The van der Waals surface area contributed by atoms with Gasteiger partial charge < -0.3 is 9.84 Å².